The van der Waals surface area contributed by atoms with Crippen LogP contribution in [-0.4, -0.2) is 50.6 Å². The highest BCUT2D eigenvalue weighted by Gasteiger charge is 2.32. The second-order valence-corrected chi connectivity index (χ2v) is 9.21. The van der Waals surface area contributed by atoms with Gasteiger partial charge in [-0.3, -0.25) is 9.59 Å². The van der Waals surface area contributed by atoms with E-state index < -0.39 is 0 Å². The average molecular weight is 426 g/mol. The second-order valence-electron chi connectivity index (χ2n) is 8.16. The van der Waals surface area contributed by atoms with Crippen LogP contribution < -0.4 is 5.32 Å². The van der Waals surface area contributed by atoms with Crippen LogP contribution in [0.25, 0.3) is 10.1 Å². The van der Waals surface area contributed by atoms with Crippen LogP contribution in [0.15, 0.2) is 24.3 Å². The molecule has 0 spiro atoms. The lowest BCUT2D eigenvalue weighted by molar-refractivity contribution is -0.131. The molecule has 1 N–H and O–H groups in total. The number of aryl methyl sites for hydroxylation is 2. The molecule has 1 fully saturated rings. The third kappa shape index (κ3) is 3.96. The first-order valence-electron chi connectivity index (χ1n) is 10.3. The van der Waals surface area contributed by atoms with Crippen molar-refractivity contribution in [3.63, 3.8) is 0 Å². The Hall–Kier alpha value is -2.74. The molecule has 0 saturated carbocycles. The Morgan fingerprint density at radius 1 is 1.27 bits per heavy atom. The van der Waals surface area contributed by atoms with Crippen molar-refractivity contribution in [3.05, 3.63) is 46.4 Å². The number of carbonyl (C=O) groups excluding carboxylic acids is 2. The number of thiophene rings is 1. The number of hydrogen-bond donors (Lipinski definition) is 1. The smallest absolute Gasteiger partial charge is 0.261 e. The molecule has 1 saturated heterocycles. The monoisotopic (exact) mass is 425 g/mol. The van der Waals surface area contributed by atoms with Crippen molar-refractivity contribution >= 4 is 33.2 Å². The molecule has 1 aliphatic rings. The molecule has 7 nitrogen and oxygen atoms in total. The molecular weight excluding hydrogens is 398 g/mol. The number of nitrogens with zero attached hydrogens (tertiary/aromatic N) is 4. The van der Waals surface area contributed by atoms with Crippen LogP contribution in [0, 0.1) is 13.8 Å². The van der Waals surface area contributed by atoms with Gasteiger partial charge in [-0.15, -0.1) is 11.3 Å². The lowest BCUT2D eigenvalue weighted by Crippen LogP contribution is -2.33. The van der Waals surface area contributed by atoms with Crippen molar-refractivity contribution < 1.29 is 9.59 Å². The molecule has 158 valence electrons. The maximum atomic E-state index is 12.9. The molecule has 1 aliphatic heterocycles. The summed E-state index contributed by atoms with van der Waals surface area (Å²) >= 11 is 1.54. The number of rotatable bonds is 5. The predicted octanol–water partition coefficient (Wildman–Crippen LogP) is 3.26. The van der Waals surface area contributed by atoms with E-state index >= 15 is 0 Å². The van der Waals surface area contributed by atoms with E-state index in [1.165, 1.54) is 11.3 Å². The second kappa shape index (κ2) is 8.18. The molecule has 3 aromatic rings. The zero-order valence-corrected chi connectivity index (χ0v) is 18.6. The van der Waals surface area contributed by atoms with Gasteiger partial charge in [-0.25, -0.2) is 9.67 Å². The van der Waals surface area contributed by atoms with Crippen molar-refractivity contribution in [1.29, 1.82) is 0 Å². The minimum atomic E-state index is -0.0281. The summed E-state index contributed by atoms with van der Waals surface area (Å²) < 4.78 is 2.77. The molecule has 1 unspecified atom stereocenters. The van der Waals surface area contributed by atoms with Crippen molar-refractivity contribution in [3.8, 4) is 0 Å². The van der Waals surface area contributed by atoms with Gasteiger partial charge in [0.25, 0.3) is 5.91 Å². The summed E-state index contributed by atoms with van der Waals surface area (Å²) in [6, 6.07) is 8.23. The molecule has 2 amide bonds. The van der Waals surface area contributed by atoms with Gasteiger partial charge in [-0.1, -0.05) is 18.2 Å². The largest absolute Gasteiger partial charge is 0.349 e. The first-order chi connectivity index (χ1) is 14.3. The third-order valence-electron chi connectivity index (χ3n) is 5.46. The fourth-order valence-corrected chi connectivity index (χ4v) is 5.32. The summed E-state index contributed by atoms with van der Waals surface area (Å²) in [4.78, 5) is 32.7. The summed E-state index contributed by atoms with van der Waals surface area (Å²) in [7, 11) is 0. The Kier molecular flexibility index (Phi) is 5.60. The van der Waals surface area contributed by atoms with Crippen molar-refractivity contribution in [1.82, 2.24) is 25.0 Å². The first kappa shape index (κ1) is 20.5. The van der Waals surface area contributed by atoms with Crippen LogP contribution in [0.2, 0.25) is 0 Å². The third-order valence-corrected chi connectivity index (χ3v) is 6.64. The van der Waals surface area contributed by atoms with Crippen LogP contribution in [0.1, 0.15) is 53.1 Å². The summed E-state index contributed by atoms with van der Waals surface area (Å²) in [5, 5.41) is 8.46. The molecule has 1 atom stereocenters. The van der Waals surface area contributed by atoms with Gasteiger partial charge >= 0.3 is 0 Å². The number of benzene rings is 1. The SMILES string of the molecule is Cc1nc(C)n(CC(=O)N2CCC(c3c(C(=O)NC(C)C)sc4ccccc34)C2)n1. The molecule has 0 aliphatic carbocycles. The number of carbonyl (C=O) groups is 2. The fourth-order valence-electron chi connectivity index (χ4n) is 4.13. The van der Waals surface area contributed by atoms with Gasteiger partial charge in [-0.2, -0.15) is 5.10 Å². The van der Waals surface area contributed by atoms with E-state index in [-0.39, 0.29) is 30.3 Å². The number of likely N-dealkylation sites (tertiary alicyclic amines) is 1. The van der Waals surface area contributed by atoms with Crippen molar-refractivity contribution in [2.75, 3.05) is 13.1 Å². The van der Waals surface area contributed by atoms with Gasteiger partial charge in [0.1, 0.15) is 18.2 Å². The van der Waals surface area contributed by atoms with Gasteiger partial charge in [-0.05, 0) is 51.1 Å². The number of fused-ring (bicyclic) bond motifs is 1. The van der Waals surface area contributed by atoms with Crippen LogP contribution in [-0.2, 0) is 11.3 Å². The highest BCUT2D eigenvalue weighted by Crippen LogP contribution is 2.40. The minimum Gasteiger partial charge on any atom is -0.349 e. The number of hydrogen-bond acceptors (Lipinski definition) is 5. The lowest BCUT2D eigenvalue weighted by atomic mass is 9.95. The molecule has 2 aromatic heterocycles. The Labute approximate surface area is 180 Å². The minimum absolute atomic E-state index is 0.0281. The normalized spacial score (nSPS) is 16.6. The molecule has 8 heteroatoms. The predicted molar refractivity (Wildman–Crippen MR) is 118 cm³/mol. The van der Waals surface area contributed by atoms with Crippen LogP contribution in [0.3, 0.4) is 0 Å². The molecule has 1 aromatic carbocycles. The van der Waals surface area contributed by atoms with Gasteiger partial charge < -0.3 is 10.2 Å². The van der Waals surface area contributed by atoms with Crippen molar-refractivity contribution in [2.45, 2.75) is 52.6 Å². The van der Waals surface area contributed by atoms with Crippen LogP contribution in [0.4, 0.5) is 0 Å². The fraction of sp³-hybridized carbons (Fsp3) is 0.455. The van der Waals surface area contributed by atoms with E-state index in [1.54, 1.807) is 4.68 Å². The zero-order chi connectivity index (χ0) is 21.4. The van der Waals surface area contributed by atoms with Crippen molar-refractivity contribution in [2.24, 2.45) is 0 Å². The maximum absolute atomic E-state index is 12.9. The lowest BCUT2D eigenvalue weighted by Gasteiger charge is -2.18. The summed E-state index contributed by atoms with van der Waals surface area (Å²) in [6.07, 6.45) is 0.851. The first-order valence-corrected chi connectivity index (χ1v) is 11.1. The van der Waals surface area contributed by atoms with Gasteiger partial charge in [0.15, 0.2) is 0 Å². The topological polar surface area (TPSA) is 80.1 Å². The zero-order valence-electron chi connectivity index (χ0n) is 17.8. The standard InChI is InChI=1S/C22H27N5O2S/c1-13(2)23-22(29)21-20(17-7-5-6-8-18(17)30-21)16-9-10-26(11-16)19(28)12-27-15(4)24-14(3)25-27/h5-8,13,16H,9-12H2,1-4H3,(H,23,29). The molecule has 30 heavy (non-hydrogen) atoms. The van der Waals surface area contributed by atoms with Gasteiger partial charge in [0.2, 0.25) is 5.91 Å². The van der Waals surface area contributed by atoms with E-state index in [9.17, 15) is 9.59 Å². The summed E-state index contributed by atoms with van der Waals surface area (Å²) in [6.45, 7) is 9.12. The molecule has 4 rings (SSSR count). The molecule has 0 radical (unpaired) electrons. The quantitative estimate of drug-likeness (QED) is 0.680. The average Bonchev–Trinajstić information content (AvgIpc) is 3.38. The maximum Gasteiger partial charge on any atom is 0.261 e. The number of nitrogens with one attached hydrogen (secondary N) is 1. The van der Waals surface area contributed by atoms with E-state index in [4.69, 9.17) is 0 Å². The highest BCUT2D eigenvalue weighted by molar-refractivity contribution is 7.21. The Balaban J connectivity index is 1.58. The molecule has 3 heterocycles. The van der Waals surface area contributed by atoms with Gasteiger partial charge in [0.05, 0.1) is 4.88 Å². The summed E-state index contributed by atoms with van der Waals surface area (Å²) in [5.41, 5.74) is 1.08. The Morgan fingerprint density at radius 2 is 2.03 bits per heavy atom. The Morgan fingerprint density at radius 3 is 2.73 bits per heavy atom. The highest BCUT2D eigenvalue weighted by atomic mass is 32.1. The van der Waals surface area contributed by atoms with E-state index in [0.29, 0.717) is 18.9 Å². The van der Waals surface area contributed by atoms with E-state index in [2.05, 4.69) is 27.5 Å². The Bertz CT molecular complexity index is 1100. The number of amides is 2. The molecule has 0 bridgehead atoms. The van der Waals surface area contributed by atoms with Crippen LogP contribution in [0.5, 0.6) is 0 Å². The van der Waals surface area contributed by atoms with Gasteiger partial charge in [0, 0.05) is 29.7 Å². The van der Waals surface area contributed by atoms with E-state index in [0.717, 1.165) is 32.8 Å². The summed E-state index contributed by atoms with van der Waals surface area (Å²) in [5.74, 6) is 1.58. The van der Waals surface area contributed by atoms with E-state index in [1.807, 2.05) is 44.7 Å². The number of aromatic nitrogens is 3. The molecular formula is C22H27N5O2S. The van der Waals surface area contributed by atoms with Crippen LogP contribution >= 0.6 is 11.3 Å².